The lowest BCUT2D eigenvalue weighted by Crippen LogP contribution is -2.23. The molecule has 1 aromatic carbocycles. The number of nitrogens with one attached hydrogen (secondary N) is 2. The maximum absolute atomic E-state index is 13.0. The molecule has 0 radical (unpaired) electrons. The lowest BCUT2D eigenvalue weighted by molar-refractivity contribution is 0.461. The minimum Gasteiger partial charge on any atom is -0.351 e. The van der Waals surface area contributed by atoms with Crippen LogP contribution in [0.2, 0.25) is 0 Å². The number of anilines is 3. The molecule has 116 valence electrons. The van der Waals surface area contributed by atoms with Gasteiger partial charge in [-0.25, -0.2) is 9.37 Å². The number of aromatic nitrogens is 2. The summed E-state index contributed by atoms with van der Waals surface area (Å²) in [6, 6.07) is 8.60. The molecule has 3 rings (SSSR count). The highest BCUT2D eigenvalue weighted by Gasteiger charge is 2.14. The van der Waals surface area contributed by atoms with Gasteiger partial charge in [-0.05, 0) is 44.0 Å². The van der Waals surface area contributed by atoms with E-state index in [1.54, 1.807) is 12.1 Å². The Morgan fingerprint density at radius 2 is 1.77 bits per heavy atom. The molecule has 1 aliphatic rings. The first-order valence-electron chi connectivity index (χ1n) is 7.84. The quantitative estimate of drug-likeness (QED) is 0.878. The zero-order valence-electron chi connectivity index (χ0n) is 12.8. The number of aryl methyl sites for hydroxylation is 1. The van der Waals surface area contributed by atoms with Crippen LogP contribution in [-0.4, -0.2) is 16.0 Å². The van der Waals surface area contributed by atoms with Crippen LogP contribution in [0.25, 0.3) is 0 Å². The summed E-state index contributed by atoms with van der Waals surface area (Å²) < 4.78 is 13.0. The second-order valence-electron chi connectivity index (χ2n) is 5.83. The maximum atomic E-state index is 13.0. The van der Waals surface area contributed by atoms with Crippen molar-refractivity contribution in [3.63, 3.8) is 0 Å². The van der Waals surface area contributed by atoms with Crippen LogP contribution in [0, 0.1) is 12.7 Å². The molecule has 1 fully saturated rings. The number of benzene rings is 1. The Labute approximate surface area is 130 Å². The third kappa shape index (κ3) is 3.93. The Morgan fingerprint density at radius 3 is 2.50 bits per heavy atom. The molecule has 5 heteroatoms. The molecule has 22 heavy (non-hydrogen) atoms. The van der Waals surface area contributed by atoms with E-state index in [9.17, 15) is 4.39 Å². The van der Waals surface area contributed by atoms with Crippen LogP contribution >= 0.6 is 0 Å². The van der Waals surface area contributed by atoms with Crippen LogP contribution in [0.15, 0.2) is 30.3 Å². The van der Waals surface area contributed by atoms with Gasteiger partial charge in [0.2, 0.25) is 5.95 Å². The summed E-state index contributed by atoms with van der Waals surface area (Å²) >= 11 is 0. The molecule has 2 N–H and O–H groups in total. The molecule has 0 unspecified atom stereocenters. The molecule has 0 saturated heterocycles. The molecule has 0 atom stereocenters. The van der Waals surface area contributed by atoms with Gasteiger partial charge < -0.3 is 10.6 Å². The Balaban J connectivity index is 1.72. The molecule has 0 spiro atoms. The van der Waals surface area contributed by atoms with Crippen LogP contribution in [0.4, 0.5) is 21.8 Å². The highest BCUT2D eigenvalue weighted by Crippen LogP contribution is 2.22. The number of nitrogens with zero attached hydrogens (tertiary/aromatic N) is 2. The molecule has 1 heterocycles. The summed E-state index contributed by atoms with van der Waals surface area (Å²) in [5, 5.41) is 6.63. The van der Waals surface area contributed by atoms with Crippen molar-refractivity contribution in [3.05, 3.63) is 41.8 Å². The predicted molar refractivity (Wildman–Crippen MR) is 86.9 cm³/mol. The van der Waals surface area contributed by atoms with Gasteiger partial charge in [0.25, 0.3) is 0 Å². The van der Waals surface area contributed by atoms with Gasteiger partial charge in [0.15, 0.2) is 0 Å². The summed E-state index contributed by atoms with van der Waals surface area (Å²) in [5.74, 6) is 1.14. The second-order valence-corrected chi connectivity index (χ2v) is 5.83. The van der Waals surface area contributed by atoms with E-state index in [0.717, 1.165) is 17.2 Å². The molecule has 0 bridgehead atoms. The van der Waals surface area contributed by atoms with Gasteiger partial charge in [-0.15, -0.1) is 0 Å². The number of hydrogen-bond acceptors (Lipinski definition) is 4. The third-order valence-corrected chi connectivity index (χ3v) is 3.91. The molecule has 4 nitrogen and oxygen atoms in total. The van der Waals surface area contributed by atoms with Crippen molar-refractivity contribution in [2.45, 2.75) is 45.1 Å². The number of halogens is 1. The molecule has 0 amide bonds. The fourth-order valence-corrected chi connectivity index (χ4v) is 2.81. The van der Waals surface area contributed by atoms with Crippen LogP contribution in [-0.2, 0) is 0 Å². The molecule has 0 aliphatic heterocycles. The smallest absolute Gasteiger partial charge is 0.225 e. The second kappa shape index (κ2) is 6.73. The summed E-state index contributed by atoms with van der Waals surface area (Å²) in [4.78, 5) is 8.98. The Kier molecular flexibility index (Phi) is 4.51. The van der Waals surface area contributed by atoms with Gasteiger partial charge in [0, 0.05) is 23.5 Å². The van der Waals surface area contributed by atoms with Gasteiger partial charge in [-0.1, -0.05) is 19.3 Å². The average molecular weight is 300 g/mol. The van der Waals surface area contributed by atoms with E-state index in [2.05, 4.69) is 20.6 Å². The highest BCUT2D eigenvalue weighted by atomic mass is 19.1. The van der Waals surface area contributed by atoms with E-state index < -0.39 is 0 Å². The van der Waals surface area contributed by atoms with Gasteiger partial charge in [-0.3, -0.25) is 0 Å². The summed E-state index contributed by atoms with van der Waals surface area (Å²) in [6.07, 6.45) is 6.22. The molecule has 1 aliphatic carbocycles. The van der Waals surface area contributed by atoms with Crippen molar-refractivity contribution < 1.29 is 4.39 Å². The average Bonchev–Trinajstić information content (AvgIpc) is 2.50. The fraction of sp³-hybridized carbons (Fsp3) is 0.412. The first-order valence-corrected chi connectivity index (χ1v) is 7.84. The lowest BCUT2D eigenvalue weighted by Gasteiger charge is -2.23. The van der Waals surface area contributed by atoms with Gasteiger partial charge in [-0.2, -0.15) is 4.98 Å². The standard InChI is InChI=1S/C17H21FN4/c1-12-11-16(20-15-9-7-13(18)8-10-15)22-17(19-12)21-14-5-3-2-4-6-14/h7-11,14H,2-6H2,1H3,(H2,19,20,21,22). The number of hydrogen-bond donors (Lipinski definition) is 2. The third-order valence-electron chi connectivity index (χ3n) is 3.91. The lowest BCUT2D eigenvalue weighted by atomic mass is 9.96. The Hall–Kier alpha value is -2.17. The van der Waals surface area contributed by atoms with Crippen LogP contribution in [0.1, 0.15) is 37.8 Å². The molecule has 1 aromatic heterocycles. The van der Waals surface area contributed by atoms with E-state index in [4.69, 9.17) is 0 Å². The zero-order valence-corrected chi connectivity index (χ0v) is 12.8. The van der Waals surface area contributed by atoms with Gasteiger partial charge in [0.05, 0.1) is 0 Å². The minimum absolute atomic E-state index is 0.246. The number of rotatable bonds is 4. The van der Waals surface area contributed by atoms with Crippen molar-refractivity contribution >= 4 is 17.5 Å². The van der Waals surface area contributed by atoms with Crippen molar-refractivity contribution in [1.82, 2.24) is 9.97 Å². The molecular weight excluding hydrogens is 279 g/mol. The SMILES string of the molecule is Cc1cc(Nc2ccc(F)cc2)nc(NC2CCCCC2)n1. The van der Waals surface area contributed by atoms with E-state index in [-0.39, 0.29) is 5.82 Å². The van der Waals surface area contributed by atoms with Crippen LogP contribution in [0.5, 0.6) is 0 Å². The Morgan fingerprint density at radius 1 is 1.05 bits per heavy atom. The molecule has 2 aromatic rings. The van der Waals surface area contributed by atoms with Crippen molar-refractivity contribution in [3.8, 4) is 0 Å². The first kappa shape index (κ1) is 14.8. The minimum atomic E-state index is -0.246. The fourth-order valence-electron chi connectivity index (χ4n) is 2.81. The highest BCUT2D eigenvalue weighted by molar-refractivity contribution is 5.57. The largest absolute Gasteiger partial charge is 0.351 e. The van der Waals surface area contributed by atoms with Crippen LogP contribution < -0.4 is 10.6 Å². The first-order chi connectivity index (χ1) is 10.7. The van der Waals surface area contributed by atoms with Crippen molar-refractivity contribution in [1.29, 1.82) is 0 Å². The molecular formula is C17H21FN4. The molecule has 1 saturated carbocycles. The van der Waals surface area contributed by atoms with E-state index in [1.807, 2.05) is 13.0 Å². The van der Waals surface area contributed by atoms with Crippen LogP contribution in [0.3, 0.4) is 0 Å². The van der Waals surface area contributed by atoms with E-state index in [1.165, 1.54) is 44.2 Å². The van der Waals surface area contributed by atoms with E-state index in [0.29, 0.717) is 12.0 Å². The monoisotopic (exact) mass is 300 g/mol. The predicted octanol–water partition coefficient (Wildman–Crippen LogP) is 4.41. The van der Waals surface area contributed by atoms with Gasteiger partial charge in [0.1, 0.15) is 11.6 Å². The zero-order chi connectivity index (χ0) is 15.4. The van der Waals surface area contributed by atoms with Crippen molar-refractivity contribution in [2.75, 3.05) is 10.6 Å². The Bertz CT molecular complexity index is 621. The normalized spacial score (nSPS) is 15.5. The topological polar surface area (TPSA) is 49.8 Å². The summed E-state index contributed by atoms with van der Waals surface area (Å²) in [5.41, 5.74) is 1.71. The van der Waals surface area contributed by atoms with Crippen molar-refractivity contribution in [2.24, 2.45) is 0 Å². The maximum Gasteiger partial charge on any atom is 0.225 e. The summed E-state index contributed by atoms with van der Waals surface area (Å²) in [7, 11) is 0. The van der Waals surface area contributed by atoms with Gasteiger partial charge >= 0.3 is 0 Å². The summed E-state index contributed by atoms with van der Waals surface area (Å²) in [6.45, 7) is 1.95. The van der Waals surface area contributed by atoms with E-state index >= 15 is 0 Å².